The zero-order valence-electron chi connectivity index (χ0n) is 20.3. The van der Waals surface area contributed by atoms with Gasteiger partial charge in [0.2, 0.25) is 11.8 Å². The lowest BCUT2D eigenvalue weighted by Crippen LogP contribution is -2.54. The third-order valence-corrected chi connectivity index (χ3v) is 5.51. The van der Waals surface area contributed by atoms with Crippen molar-refractivity contribution in [2.75, 3.05) is 0 Å². The Labute approximate surface area is 201 Å². The molecule has 1 unspecified atom stereocenters. The van der Waals surface area contributed by atoms with Gasteiger partial charge in [0.15, 0.2) is 0 Å². The predicted octanol–water partition coefficient (Wildman–Crippen LogP) is 5.23. The van der Waals surface area contributed by atoms with Gasteiger partial charge in [-0.2, -0.15) is 0 Å². The molecular formula is C29H33FN2O2. The van der Waals surface area contributed by atoms with Crippen LogP contribution in [0.3, 0.4) is 0 Å². The summed E-state index contributed by atoms with van der Waals surface area (Å²) >= 11 is 0. The molecule has 4 nitrogen and oxygen atoms in total. The fourth-order valence-corrected chi connectivity index (χ4v) is 3.92. The van der Waals surface area contributed by atoms with Gasteiger partial charge in [0.05, 0.1) is 6.42 Å². The molecule has 0 aliphatic carbocycles. The van der Waals surface area contributed by atoms with Crippen LogP contribution in [-0.4, -0.2) is 28.3 Å². The van der Waals surface area contributed by atoms with Gasteiger partial charge in [0.25, 0.3) is 0 Å². The lowest BCUT2D eigenvalue weighted by atomic mass is 9.99. The second-order valence-corrected chi connectivity index (χ2v) is 9.72. The van der Waals surface area contributed by atoms with E-state index < -0.39 is 17.4 Å². The Morgan fingerprint density at radius 1 is 0.912 bits per heavy atom. The van der Waals surface area contributed by atoms with Gasteiger partial charge in [0, 0.05) is 24.1 Å². The third kappa shape index (κ3) is 7.27. The normalized spacial score (nSPS) is 12.1. The molecule has 1 N–H and O–H groups in total. The maximum atomic E-state index is 14.6. The number of halogens is 1. The lowest BCUT2D eigenvalue weighted by Gasteiger charge is -2.34. The highest BCUT2D eigenvalue weighted by Gasteiger charge is 2.32. The first-order valence-corrected chi connectivity index (χ1v) is 11.6. The van der Waals surface area contributed by atoms with E-state index in [1.54, 1.807) is 18.2 Å². The number of hydrogen-bond acceptors (Lipinski definition) is 2. The predicted molar refractivity (Wildman–Crippen MR) is 134 cm³/mol. The fourth-order valence-electron chi connectivity index (χ4n) is 3.92. The zero-order valence-corrected chi connectivity index (χ0v) is 20.3. The first-order chi connectivity index (χ1) is 16.1. The van der Waals surface area contributed by atoms with Crippen LogP contribution in [0.25, 0.3) is 0 Å². The molecule has 0 heterocycles. The van der Waals surface area contributed by atoms with Crippen molar-refractivity contribution < 1.29 is 14.0 Å². The largest absolute Gasteiger partial charge is 0.350 e. The summed E-state index contributed by atoms with van der Waals surface area (Å²) in [4.78, 5) is 28.7. The summed E-state index contributed by atoms with van der Waals surface area (Å²) in [6, 6.07) is 22.9. The van der Waals surface area contributed by atoms with Crippen molar-refractivity contribution in [2.24, 2.45) is 0 Å². The molecule has 0 saturated heterocycles. The van der Waals surface area contributed by atoms with Gasteiger partial charge in [-0.1, -0.05) is 78.4 Å². The summed E-state index contributed by atoms with van der Waals surface area (Å²) in [6.07, 6.45) is 0.459. The number of hydrogen-bond donors (Lipinski definition) is 1. The molecule has 0 spiro atoms. The summed E-state index contributed by atoms with van der Waals surface area (Å²) in [5.41, 5.74) is 2.74. The van der Waals surface area contributed by atoms with Gasteiger partial charge in [-0.25, -0.2) is 4.39 Å². The lowest BCUT2D eigenvalue weighted by molar-refractivity contribution is -0.141. The van der Waals surface area contributed by atoms with E-state index >= 15 is 0 Å². The quantitative estimate of drug-likeness (QED) is 0.500. The van der Waals surface area contributed by atoms with E-state index in [2.05, 4.69) is 5.32 Å². The van der Waals surface area contributed by atoms with E-state index in [9.17, 15) is 14.0 Å². The second kappa shape index (κ2) is 11.1. The Balaban J connectivity index is 2.00. The number of benzene rings is 3. The minimum atomic E-state index is -0.793. The monoisotopic (exact) mass is 460 g/mol. The molecule has 3 aromatic rings. The first-order valence-electron chi connectivity index (χ1n) is 11.6. The van der Waals surface area contributed by atoms with Crippen LogP contribution in [0.1, 0.15) is 43.0 Å². The smallest absolute Gasteiger partial charge is 0.243 e. The van der Waals surface area contributed by atoms with Crippen molar-refractivity contribution in [1.82, 2.24) is 10.2 Å². The van der Waals surface area contributed by atoms with Crippen LogP contribution in [-0.2, 0) is 29.0 Å². The van der Waals surface area contributed by atoms with Crippen molar-refractivity contribution in [3.05, 3.63) is 107 Å². The van der Waals surface area contributed by atoms with E-state index in [0.717, 1.165) is 16.7 Å². The maximum Gasteiger partial charge on any atom is 0.243 e. The van der Waals surface area contributed by atoms with Crippen molar-refractivity contribution in [3.8, 4) is 0 Å². The van der Waals surface area contributed by atoms with Crippen LogP contribution in [0.2, 0.25) is 0 Å². The topological polar surface area (TPSA) is 49.4 Å². The molecule has 34 heavy (non-hydrogen) atoms. The Hall–Kier alpha value is -3.47. The average Bonchev–Trinajstić information content (AvgIpc) is 2.77. The summed E-state index contributed by atoms with van der Waals surface area (Å²) in [5, 5.41) is 3.02. The number of aryl methyl sites for hydroxylation is 1. The molecule has 0 aliphatic heterocycles. The molecule has 2 amide bonds. The minimum absolute atomic E-state index is 0.00633. The highest BCUT2D eigenvalue weighted by molar-refractivity contribution is 5.89. The van der Waals surface area contributed by atoms with Gasteiger partial charge in [-0.05, 0) is 44.9 Å². The molecule has 3 rings (SSSR count). The van der Waals surface area contributed by atoms with Gasteiger partial charge < -0.3 is 10.2 Å². The zero-order chi connectivity index (χ0) is 24.7. The van der Waals surface area contributed by atoms with E-state index in [1.165, 1.54) is 11.0 Å². The number of rotatable bonds is 8. The molecule has 5 heteroatoms. The second-order valence-electron chi connectivity index (χ2n) is 9.72. The summed E-state index contributed by atoms with van der Waals surface area (Å²) < 4.78 is 14.6. The highest BCUT2D eigenvalue weighted by atomic mass is 19.1. The van der Waals surface area contributed by atoms with Crippen LogP contribution in [0.5, 0.6) is 0 Å². The molecule has 0 bridgehead atoms. The van der Waals surface area contributed by atoms with Crippen LogP contribution >= 0.6 is 0 Å². The van der Waals surface area contributed by atoms with Crippen LogP contribution in [0, 0.1) is 12.7 Å². The molecule has 1 atom stereocenters. The Kier molecular flexibility index (Phi) is 8.21. The van der Waals surface area contributed by atoms with Gasteiger partial charge in [-0.15, -0.1) is 0 Å². The summed E-state index contributed by atoms with van der Waals surface area (Å²) in [7, 11) is 0. The van der Waals surface area contributed by atoms with E-state index in [0.29, 0.717) is 12.0 Å². The minimum Gasteiger partial charge on any atom is -0.350 e. The first kappa shape index (κ1) is 25.2. The van der Waals surface area contributed by atoms with Crippen molar-refractivity contribution in [3.63, 3.8) is 0 Å². The third-order valence-electron chi connectivity index (χ3n) is 5.51. The van der Waals surface area contributed by atoms with Crippen LogP contribution in [0.4, 0.5) is 4.39 Å². The van der Waals surface area contributed by atoms with Crippen molar-refractivity contribution >= 4 is 11.8 Å². The van der Waals surface area contributed by atoms with Gasteiger partial charge in [-0.3, -0.25) is 9.59 Å². The molecule has 0 saturated carbocycles. The van der Waals surface area contributed by atoms with Crippen LogP contribution in [0.15, 0.2) is 78.9 Å². The summed E-state index contributed by atoms with van der Waals surface area (Å²) in [5.74, 6) is -0.880. The van der Waals surface area contributed by atoms with E-state index in [4.69, 9.17) is 0 Å². The number of nitrogens with zero attached hydrogens (tertiary/aromatic N) is 1. The SMILES string of the molecule is Cc1cccc(CC(=O)N(Cc2ccccc2F)C(Cc2ccccc2)C(=O)NC(C)(C)C)c1. The Bertz CT molecular complexity index is 1120. The number of carbonyl (C=O) groups is 2. The van der Waals surface area contributed by atoms with E-state index in [1.807, 2.05) is 82.3 Å². The molecule has 0 aliphatic rings. The van der Waals surface area contributed by atoms with Crippen LogP contribution < -0.4 is 5.32 Å². The fraction of sp³-hybridized carbons (Fsp3) is 0.310. The number of nitrogens with one attached hydrogen (secondary N) is 1. The van der Waals surface area contributed by atoms with E-state index in [-0.39, 0.29) is 24.8 Å². The number of amides is 2. The highest BCUT2D eigenvalue weighted by Crippen LogP contribution is 2.19. The molecule has 0 radical (unpaired) electrons. The molecular weight excluding hydrogens is 427 g/mol. The molecule has 3 aromatic carbocycles. The van der Waals surface area contributed by atoms with Gasteiger partial charge >= 0.3 is 0 Å². The van der Waals surface area contributed by atoms with Crippen molar-refractivity contribution in [1.29, 1.82) is 0 Å². The standard InChI is InChI=1S/C29H33FN2O2/c1-21-11-10-14-23(17-21)19-27(33)32(20-24-15-8-9-16-25(24)30)26(28(34)31-29(2,3)4)18-22-12-6-5-7-13-22/h5-17,26H,18-20H2,1-4H3,(H,31,34). The Morgan fingerprint density at radius 3 is 2.21 bits per heavy atom. The maximum absolute atomic E-state index is 14.6. The Morgan fingerprint density at radius 2 is 1.56 bits per heavy atom. The molecule has 0 fully saturated rings. The van der Waals surface area contributed by atoms with Crippen molar-refractivity contribution in [2.45, 2.75) is 58.7 Å². The molecule has 0 aromatic heterocycles. The average molecular weight is 461 g/mol. The summed E-state index contributed by atoms with van der Waals surface area (Å²) in [6.45, 7) is 7.69. The number of carbonyl (C=O) groups excluding carboxylic acids is 2. The van der Waals surface area contributed by atoms with Gasteiger partial charge in [0.1, 0.15) is 11.9 Å². The molecule has 178 valence electrons.